The van der Waals surface area contributed by atoms with E-state index < -0.39 is 11.7 Å². The topological polar surface area (TPSA) is 89.3 Å². The number of aromatic nitrogens is 1. The van der Waals surface area contributed by atoms with Gasteiger partial charge in [0.25, 0.3) is 0 Å². The molecule has 4 N–H and O–H groups in total. The molecule has 0 aliphatic heterocycles. The van der Waals surface area contributed by atoms with Gasteiger partial charge in [-0.15, -0.1) is 0 Å². The number of nitrogens with two attached hydrogens (primary N) is 1. The molecule has 6 heteroatoms. The summed E-state index contributed by atoms with van der Waals surface area (Å²) in [5.41, 5.74) is 11.3. The highest BCUT2D eigenvalue weighted by molar-refractivity contribution is 5.91. The third kappa shape index (κ3) is 6.09. The van der Waals surface area contributed by atoms with E-state index in [9.17, 15) is 4.79 Å². The van der Waals surface area contributed by atoms with Crippen molar-refractivity contribution in [1.29, 1.82) is 0 Å². The van der Waals surface area contributed by atoms with Crippen molar-refractivity contribution in [3.63, 3.8) is 0 Å². The number of nitrogens with zero attached hydrogens (tertiary/aromatic N) is 1. The Kier molecular flexibility index (Phi) is 6.92. The molecule has 1 aromatic heterocycles. The smallest absolute Gasteiger partial charge is 0.408 e. The maximum absolute atomic E-state index is 12.5. The van der Waals surface area contributed by atoms with Crippen LogP contribution in [0.2, 0.25) is 0 Å². The standard InChI is InChI=1S/C29H32N4O2/c1-19-23-12-8-9-13-24(23)32-27(26(19)30)31-22-16-14-21(15-17-22)25(18-20-10-6-5-7-11-20)33-28(34)35-29(2,3)4/h5-17,25H,18,30H2,1-4H3,(H,31,32)(H,33,34). The first-order valence-corrected chi connectivity index (χ1v) is 11.7. The molecule has 0 fully saturated rings. The quantitative estimate of drug-likeness (QED) is 0.294. The van der Waals surface area contributed by atoms with Crippen LogP contribution in [0.25, 0.3) is 10.9 Å². The number of benzene rings is 3. The number of rotatable bonds is 6. The third-order valence-electron chi connectivity index (χ3n) is 5.75. The first-order valence-electron chi connectivity index (χ1n) is 11.7. The van der Waals surface area contributed by atoms with Crippen LogP contribution in [0.3, 0.4) is 0 Å². The van der Waals surface area contributed by atoms with Gasteiger partial charge in [-0.25, -0.2) is 9.78 Å². The number of nitrogens with one attached hydrogen (secondary N) is 2. The Morgan fingerprint density at radius 3 is 2.31 bits per heavy atom. The molecule has 1 atom stereocenters. The van der Waals surface area contributed by atoms with Crippen LogP contribution in [-0.4, -0.2) is 16.7 Å². The molecule has 180 valence electrons. The Balaban J connectivity index is 1.56. The van der Waals surface area contributed by atoms with Crippen LogP contribution in [0.1, 0.15) is 43.5 Å². The summed E-state index contributed by atoms with van der Waals surface area (Å²) in [6.45, 7) is 7.57. The number of aryl methyl sites for hydroxylation is 1. The van der Waals surface area contributed by atoms with Crippen molar-refractivity contribution in [2.45, 2.75) is 45.8 Å². The monoisotopic (exact) mass is 468 g/mol. The Labute approximate surface area is 206 Å². The first kappa shape index (κ1) is 24.1. The largest absolute Gasteiger partial charge is 0.444 e. The number of alkyl carbamates (subject to hydrolysis) is 1. The molecular weight excluding hydrogens is 436 g/mol. The molecule has 0 radical (unpaired) electrons. The summed E-state index contributed by atoms with van der Waals surface area (Å²) in [6, 6.07) is 25.7. The summed E-state index contributed by atoms with van der Waals surface area (Å²) in [7, 11) is 0. The van der Waals surface area contributed by atoms with E-state index in [0.29, 0.717) is 17.9 Å². The zero-order chi connectivity index (χ0) is 25.0. The minimum atomic E-state index is -0.569. The zero-order valence-corrected chi connectivity index (χ0v) is 20.6. The molecule has 1 heterocycles. The molecule has 1 amide bonds. The van der Waals surface area contributed by atoms with E-state index in [-0.39, 0.29) is 6.04 Å². The average Bonchev–Trinajstić information content (AvgIpc) is 2.82. The molecule has 0 saturated carbocycles. The Hall–Kier alpha value is -4.06. The van der Waals surface area contributed by atoms with Crippen LogP contribution >= 0.6 is 0 Å². The van der Waals surface area contributed by atoms with Crippen molar-refractivity contribution < 1.29 is 9.53 Å². The van der Waals surface area contributed by atoms with Gasteiger partial charge in [-0.05, 0) is 69.0 Å². The normalized spacial score (nSPS) is 12.2. The lowest BCUT2D eigenvalue weighted by Gasteiger charge is -2.24. The first-order chi connectivity index (χ1) is 16.7. The molecule has 0 aliphatic rings. The molecule has 0 spiro atoms. The number of anilines is 3. The summed E-state index contributed by atoms with van der Waals surface area (Å²) in [6.07, 6.45) is 0.204. The molecule has 0 aliphatic carbocycles. The predicted molar refractivity (Wildman–Crippen MR) is 143 cm³/mol. The van der Waals surface area contributed by atoms with Gasteiger partial charge >= 0.3 is 6.09 Å². The third-order valence-corrected chi connectivity index (χ3v) is 5.75. The van der Waals surface area contributed by atoms with Crippen LogP contribution in [-0.2, 0) is 11.2 Å². The molecule has 4 aromatic rings. The van der Waals surface area contributed by atoms with Crippen molar-refractivity contribution >= 4 is 34.2 Å². The number of carbonyl (C=O) groups is 1. The Bertz CT molecular complexity index is 1310. The number of carbonyl (C=O) groups excluding carboxylic acids is 1. The van der Waals surface area contributed by atoms with E-state index in [1.165, 1.54) is 0 Å². The van der Waals surface area contributed by atoms with Crippen LogP contribution in [0.15, 0.2) is 78.9 Å². The molecular formula is C29H32N4O2. The number of amides is 1. The fourth-order valence-electron chi connectivity index (χ4n) is 3.97. The van der Waals surface area contributed by atoms with Gasteiger partial charge in [0.1, 0.15) is 5.60 Å². The molecule has 35 heavy (non-hydrogen) atoms. The summed E-state index contributed by atoms with van der Waals surface area (Å²) >= 11 is 0. The number of hydrogen-bond donors (Lipinski definition) is 3. The van der Waals surface area contributed by atoms with Crippen LogP contribution in [0.4, 0.5) is 22.0 Å². The number of para-hydroxylation sites is 1. The van der Waals surface area contributed by atoms with Gasteiger partial charge < -0.3 is 21.1 Å². The van der Waals surface area contributed by atoms with Gasteiger partial charge in [0, 0.05) is 11.1 Å². The van der Waals surface area contributed by atoms with Crippen molar-refractivity contribution in [2.24, 2.45) is 0 Å². The Morgan fingerprint density at radius 2 is 1.63 bits per heavy atom. The Morgan fingerprint density at radius 1 is 0.971 bits per heavy atom. The van der Waals surface area contributed by atoms with Crippen molar-refractivity contribution in [3.8, 4) is 0 Å². The van der Waals surface area contributed by atoms with Crippen molar-refractivity contribution in [2.75, 3.05) is 11.1 Å². The lowest BCUT2D eigenvalue weighted by Crippen LogP contribution is -2.35. The van der Waals surface area contributed by atoms with Crippen LogP contribution in [0, 0.1) is 6.92 Å². The van der Waals surface area contributed by atoms with E-state index >= 15 is 0 Å². The second-order valence-electron chi connectivity index (χ2n) is 9.65. The van der Waals surface area contributed by atoms with Crippen LogP contribution < -0.4 is 16.4 Å². The molecule has 1 unspecified atom stereocenters. The van der Waals surface area contributed by atoms with Gasteiger partial charge in [-0.2, -0.15) is 0 Å². The highest BCUT2D eigenvalue weighted by Gasteiger charge is 2.21. The van der Waals surface area contributed by atoms with Gasteiger partial charge in [-0.3, -0.25) is 0 Å². The lowest BCUT2D eigenvalue weighted by atomic mass is 9.98. The zero-order valence-electron chi connectivity index (χ0n) is 20.6. The number of nitrogen functional groups attached to an aromatic ring is 1. The molecule has 4 rings (SSSR count). The molecule has 6 nitrogen and oxygen atoms in total. The second kappa shape index (κ2) is 10.1. The van der Waals surface area contributed by atoms with Crippen molar-refractivity contribution in [1.82, 2.24) is 10.3 Å². The van der Waals surface area contributed by atoms with E-state index in [4.69, 9.17) is 15.5 Å². The lowest BCUT2D eigenvalue weighted by molar-refractivity contribution is 0.0503. The van der Waals surface area contributed by atoms with Gasteiger partial charge in [-0.1, -0.05) is 60.7 Å². The fraction of sp³-hybridized carbons (Fsp3) is 0.241. The minimum absolute atomic E-state index is 0.243. The summed E-state index contributed by atoms with van der Waals surface area (Å²) in [5, 5.41) is 7.42. The van der Waals surface area contributed by atoms with Crippen LogP contribution in [0.5, 0.6) is 0 Å². The fourth-order valence-corrected chi connectivity index (χ4v) is 3.97. The summed E-state index contributed by atoms with van der Waals surface area (Å²) in [5.74, 6) is 0.627. The number of fused-ring (bicyclic) bond motifs is 1. The average molecular weight is 469 g/mol. The highest BCUT2D eigenvalue weighted by atomic mass is 16.6. The minimum Gasteiger partial charge on any atom is -0.444 e. The number of pyridine rings is 1. The molecule has 3 aromatic carbocycles. The number of hydrogen-bond acceptors (Lipinski definition) is 5. The van der Waals surface area contributed by atoms with Gasteiger partial charge in [0.05, 0.1) is 17.2 Å². The van der Waals surface area contributed by atoms with Crippen molar-refractivity contribution in [3.05, 3.63) is 95.6 Å². The summed E-state index contributed by atoms with van der Waals surface area (Å²) in [4.78, 5) is 17.3. The van der Waals surface area contributed by atoms with E-state index in [1.54, 1.807) is 0 Å². The predicted octanol–water partition coefficient (Wildman–Crippen LogP) is 6.68. The maximum atomic E-state index is 12.5. The van der Waals surface area contributed by atoms with E-state index in [0.717, 1.165) is 33.3 Å². The van der Waals surface area contributed by atoms with Gasteiger partial charge in [0.2, 0.25) is 0 Å². The maximum Gasteiger partial charge on any atom is 0.408 e. The highest BCUT2D eigenvalue weighted by Crippen LogP contribution is 2.30. The SMILES string of the molecule is Cc1c(N)c(Nc2ccc(C(Cc3ccccc3)NC(=O)OC(C)(C)C)cc2)nc2ccccc12. The number of ether oxygens (including phenoxy) is 1. The van der Waals surface area contributed by atoms with Gasteiger partial charge in [0.15, 0.2) is 5.82 Å². The molecule has 0 saturated heterocycles. The second-order valence-corrected chi connectivity index (χ2v) is 9.65. The summed E-state index contributed by atoms with van der Waals surface area (Å²) < 4.78 is 5.51. The van der Waals surface area contributed by atoms with E-state index in [2.05, 4.69) is 22.8 Å². The molecule has 0 bridgehead atoms. The van der Waals surface area contributed by atoms with E-state index in [1.807, 2.05) is 94.4 Å².